The fraction of sp³-hybridized carbons (Fsp3) is 0.250. The molecule has 0 aliphatic carbocycles. The van der Waals surface area contributed by atoms with Crippen molar-refractivity contribution in [2.45, 2.75) is 20.4 Å². The van der Waals surface area contributed by atoms with Crippen LogP contribution < -0.4 is 25.4 Å². The fourth-order valence-electron chi connectivity index (χ4n) is 3.98. The number of hydrogen-bond donors (Lipinski definition) is 3. The molecule has 0 saturated carbocycles. The number of hydrogen-bond acceptors (Lipinski definition) is 5. The number of ether oxygens (including phenoxy) is 2. The molecule has 0 spiro atoms. The average molecular weight is 458 g/mol. The molecule has 3 N–H and O–H groups in total. The van der Waals surface area contributed by atoms with Crippen LogP contribution in [0.15, 0.2) is 66.7 Å². The maximum atomic E-state index is 13.2. The van der Waals surface area contributed by atoms with Crippen LogP contribution in [-0.2, 0) is 11.3 Å². The van der Waals surface area contributed by atoms with Crippen molar-refractivity contribution >= 4 is 28.6 Å². The summed E-state index contributed by atoms with van der Waals surface area (Å²) in [6.45, 7) is 6.19. The highest BCUT2D eigenvalue weighted by Gasteiger charge is 2.30. The molecule has 34 heavy (non-hydrogen) atoms. The van der Waals surface area contributed by atoms with E-state index in [1.807, 2.05) is 48.5 Å². The van der Waals surface area contributed by atoms with Gasteiger partial charge < -0.3 is 25.4 Å². The Morgan fingerprint density at radius 2 is 1.62 bits per heavy atom. The van der Waals surface area contributed by atoms with Gasteiger partial charge in [0.1, 0.15) is 0 Å². The van der Waals surface area contributed by atoms with Gasteiger partial charge in [-0.05, 0) is 41.8 Å². The minimum Gasteiger partial charge on any atom is -0.493 e. The number of anilines is 2. The Labute approximate surface area is 201 Å². The Bertz CT molecular complexity index is 1190. The smallest absolute Gasteiger partial charge is 0.258 e. The summed E-state index contributed by atoms with van der Waals surface area (Å²) in [5.74, 6) is 1.57. The Kier molecular flexibility index (Phi) is 7.18. The molecule has 0 saturated heterocycles. The third kappa shape index (κ3) is 5.07. The molecule has 6 nitrogen and oxygen atoms in total. The first kappa shape index (κ1) is 23.4. The predicted octanol–water partition coefficient (Wildman–Crippen LogP) is 5.38. The number of rotatable bonds is 9. The highest BCUT2D eigenvalue weighted by Crippen LogP contribution is 2.43. The van der Waals surface area contributed by atoms with E-state index in [-0.39, 0.29) is 5.91 Å². The van der Waals surface area contributed by atoms with Crippen LogP contribution in [0.2, 0.25) is 0 Å². The van der Waals surface area contributed by atoms with Gasteiger partial charge in [0.15, 0.2) is 11.5 Å². The number of carbonyl (C=O) groups is 1. The van der Waals surface area contributed by atoms with Crippen molar-refractivity contribution in [1.29, 1.82) is 0 Å². The van der Waals surface area contributed by atoms with Crippen molar-refractivity contribution in [3.05, 3.63) is 83.4 Å². The zero-order valence-electron chi connectivity index (χ0n) is 20.1. The maximum absolute atomic E-state index is 13.2. The van der Waals surface area contributed by atoms with Gasteiger partial charge >= 0.3 is 0 Å². The van der Waals surface area contributed by atoms with Gasteiger partial charge in [-0.1, -0.05) is 56.3 Å². The first-order valence-corrected chi connectivity index (χ1v) is 11.4. The summed E-state index contributed by atoms with van der Waals surface area (Å²) in [5.41, 5.74) is 5.78. The molecule has 6 heteroatoms. The summed E-state index contributed by atoms with van der Waals surface area (Å²) in [6, 6.07) is 21.8. The molecule has 4 rings (SSSR count). The number of nitrogens with one attached hydrogen (secondary N) is 3. The Morgan fingerprint density at radius 3 is 2.26 bits per heavy atom. The molecule has 1 amide bonds. The van der Waals surface area contributed by atoms with Crippen molar-refractivity contribution < 1.29 is 14.3 Å². The van der Waals surface area contributed by atoms with Gasteiger partial charge in [-0.25, -0.2) is 0 Å². The molecule has 0 atom stereocenters. The molecule has 1 aliphatic heterocycles. The molecular formula is C28H31N3O3. The number of benzene rings is 3. The zero-order chi connectivity index (χ0) is 24.1. The third-order valence-corrected chi connectivity index (χ3v) is 5.69. The fourth-order valence-corrected chi connectivity index (χ4v) is 3.98. The summed E-state index contributed by atoms with van der Waals surface area (Å²) < 4.78 is 10.9. The lowest BCUT2D eigenvalue weighted by Crippen LogP contribution is -2.18. The zero-order valence-corrected chi connectivity index (χ0v) is 20.1. The van der Waals surface area contributed by atoms with Crippen molar-refractivity contribution in [2.24, 2.45) is 5.92 Å². The first-order valence-electron chi connectivity index (χ1n) is 11.4. The molecule has 0 unspecified atom stereocenters. The van der Waals surface area contributed by atoms with Crippen LogP contribution in [0.25, 0.3) is 11.3 Å². The number of methoxy groups -OCH3 is 2. The lowest BCUT2D eigenvalue weighted by atomic mass is 9.99. The summed E-state index contributed by atoms with van der Waals surface area (Å²) in [6.07, 6.45) is 0. The molecule has 1 aliphatic rings. The molecular weight excluding hydrogens is 426 g/mol. The van der Waals surface area contributed by atoms with Crippen molar-refractivity contribution in [1.82, 2.24) is 5.32 Å². The van der Waals surface area contributed by atoms with Crippen LogP contribution in [0.3, 0.4) is 0 Å². The van der Waals surface area contributed by atoms with Crippen molar-refractivity contribution in [2.75, 3.05) is 31.4 Å². The van der Waals surface area contributed by atoms with Gasteiger partial charge in [0.25, 0.3) is 5.91 Å². The van der Waals surface area contributed by atoms with Gasteiger partial charge in [0.2, 0.25) is 0 Å². The van der Waals surface area contributed by atoms with Crippen molar-refractivity contribution in [3.8, 4) is 11.5 Å². The normalized spacial score (nSPS) is 14.0. The van der Waals surface area contributed by atoms with Crippen LogP contribution in [0.5, 0.6) is 11.5 Å². The van der Waals surface area contributed by atoms with E-state index in [1.54, 1.807) is 20.3 Å². The maximum Gasteiger partial charge on any atom is 0.258 e. The van der Waals surface area contributed by atoms with E-state index < -0.39 is 0 Å². The SMILES string of the molecule is COc1cc2c(cc1OC)C(=C(Nc1ccc(CNCC(C)C)cc1)c1ccccc1)C(=O)N2. The monoisotopic (exact) mass is 457 g/mol. The van der Waals surface area contributed by atoms with E-state index in [1.165, 1.54) is 5.56 Å². The van der Waals surface area contributed by atoms with Gasteiger partial charge in [-0.3, -0.25) is 4.79 Å². The predicted molar refractivity (Wildman–Crippen MR) is 138 cm³/mol. The highest BCUT2D eigenvalue weighted by atomic mass is 16.5. The molecule has 0 fully saturated rings. The summed E-state index contributed by atoms with van der Waals surface area (Å²) in [7, 11) is 3.17. The second-order valence-corrected chi connectivity index (χ2v) is 8.67. The van der Waals surface area contributed by atoms with E-state index in [9.17, 15) is 4.79 Å². The topological polar surface area (TPSA) is 71.6 Å². The molecule has 0 radical (unpaired) electrons. The molecule has 176 valence electrons. The van der Waals surface area contributed by atoms with Crippen LogP contribution in [-0.4, -0.2) is 26.7 Å². The Morgan fingerprint density at radius 1 is 0.941 bits per heavy atom. The number of fused-ring (bicyclic) bond motifs is 1. The second-order valence-electron chi connectivity index (χ2n) is 8.67. The van der Waals surface area contributed by atoms with Gasteiger partial charge in [-0.2, -0.15) is 0 Å². The summed E-state index contributed by atoms with van der Waals surface area (Å²) in [4.78, 5) is 13.2. The minimum absolute atomic E-state index is 0.175. The average Bonchev–Trinajstić information content (AvgIpc) is 3.17. The number of amides is 1. The molecule has 3 aromatic carbocycles. The Balaban J connectivity index is 1.72. The Hall–Kier alpha value is -3.77. The van der Waals surface area contributed by atoms with Crippen LogP contribution in [0.4, 0.5) is 11.4 Å². The lowest BCUT2D eigenvalue weighted by molar-refractivity contribution is -0.110. The molecule has 0 aromatic heterocycles. The lowest BCUT2D eigenvalue weighted by Gasteiger charge is -2.16. The van der Waals surface area contributed by atoms with Crippen LogP contribution >= 0.6 is 0 Å². The van der Waals surface area contributed by atoms with Gasteiger partial charge in [0.05, 0.1) is 31.2 Å². The first-order chi connectivity index (χ1) is 16.5. The molecule has 0 bridgehead atoms. The minimum atomic E-state index is -0.175. The second kappa shape index (κ2) is 10.4. The number of carbonyl (C=O) groups excluding carboxylic acids is 1. The van der Waals surface area contributed by atoms with Crippen molar-refractivity contribution in [3.63, 3.8) is 0 Å². The highest BCUT2D eigenvalue weighted by molar-refractivity contribution is 6.37. The molecule has 3 aromatic rings. The van der Waals surface area contributed by atoms with E-state index in [2.05, 4.69) is 41.9 Å². The third-order valence-electron chi connectivity index (χ3n) is 5.69. The molecule has 1 heterocycles. The largest absolute Gasteiger partial charge is 0.493 e. The van der Waals surface area contributed by atoms with E-state index in [0.29, 0.717) is 28.7 Å². The van der Waals surface area contributed by atoms with Gasteiger partial charge in [0, 0.05) is 23.9 Å². The van der Waals surface area contributed by atoms with Crippen LogP contribution in [0.1, 0.15) is 30.5 Å². The standard InChI is InChI=1S/C28H31N3O3/c1-18(2)16-29-17-19-10-12-21(13-11-19)30-27(20-8-6-5-7-9-20)26-22-14-24(33-3)25(34-4)15-23(22)31-28(26)32/h5-15,18,29-30H,16-17H2,1-4H3,(H,31,32). The van der Waals surface area contributed by atoms with E-state index in [0.717, 1.165) is 35.6 Å². The quantitative estimate of drug-likeness (QED) is 0.376. The van der Waals surface area contributed by atoms with Crippen LogP contribution in [0, 0.1) is 5.92 Å². The van der Waals surface area contributed by atoms with Gasteiger partial charge in [-0.15, -0.1) is 0 Å². The van der Waals surface area contributed by atoms with E-state index in [4.69, 9.17) is 9.47 Å². The summed E-state index contributed by atoms with van der Waals surface area (Å²) >= 11 is 0. The van der Waals surface area contributed by atoms with E-state index >= 15 is 0 Å². The summed E-state index contributed by atoms with van der Waals surface area (Å²) in [5, 5.41) is 9.94.